The number of nitrogens with one attached hydrogen (secondary N) is 2. The summed E-state index contributed by atoms with van der Waals surface area (Å²) in [5.41, 5.74) is 3.72. The Morgan fingerprint density at radius 1 is 1.16 bits per heavy atom. The molecule has 1 saturated heterocycles. The van der Waals surface area contributed by atoms with Crippen molar-refractivity contribution < 1.29 is 9.53 Å². The average Bonchev–Trinajstić information content (AvgIpc) is 3.09. The van der Waals surface area contributed by atoms with Crippen molar-refractivity contribution >= 4 is 57.0 Å². The lowest BCUT2D eigenvalue weighted by Gasteiger charge is -2.15. The summed E-state index contributed by atoms with van der Waals surface area (Å²) < 4.78 is 6.74. The molecule has 7 heteroatoms. The Balaban J connectivity index is 1.42. The maximum absolute atomic E-state index is 12.4. The number of halogens is 2. The standard InChI is InChI=1S/C24H20BrClN2O2S/c1-15-7-9-18(26)13-20(15)27-24-28-23(29)22(31-24)12-17-8-10-21(19(25)11-17)30-14-16-5-3-2-4-6-16/h2-13,24,27H,14H2,1H3,(H,28,29)/b22-12-. The maximum Gasteiger partial charge on any atom is 0.260 e. The van der Waals surface area contributed by atoms with E-state index in [2.05, 4.69) is 26.6 Å². The number of rotatable bonds is 6. The van der Waals surface area contributed by atoms with Gasteiger partial charge in [-0.15, -0.1) is 0 Å². The molecule has 0 aliphatic carbocycles. The van der Waals surface area contributed by atoms with Crippen LogP contribution in [0.5, 0.6) is 5.75 Å². The Labute approximate surface area is 199 Å². The van der Waals surface area contributed by atoms with Crippen molar-refractivity contribution in [2.75, 3.05) is 5.32 Å². The van der Waals surface area contributed by atoms with Gasteiger partial charge in [-0.2, -0.15) is 0 Å². The molecule has 158 valence electrons. The Morgan fingerprint density at radius 2 is 1.97 bits per heavy atom. The predicted octanol–water partition coefficient (Wildman–Crippen LogP) is 6.59. The minimum absolute atomic E-state index is 0.109. The topological polar surface area (TPSA) is 50.4 Å². The van der Waals surface area contributed by atoms with Crippen LogP contribution in [-0.4, -0.2) is 11.4 Å². The molecule has 0 aromatic heterocycles. The third kappa shape index (κ3) is 5.64. The van der Waals surface area contributed by atoms with Crippen molar-refractivity contribution in [1.29, 1.82) is 0 Å². The molecule has 1 aliphatic heterocycles. The lowest BCUT2D eigenvalue weighted by molar-refractivity contribution is -0.116. The first-order valence-corrected chi connectivity index (χ1v) is 11.7. The van der Waals surface area contributed by atoms with E-state index in [1.807, 2.05) is 79.7 Å². The highest BCUT2D eigenvalue weighted by Crippen LogP contribution is 2.33. The normalized spacial score (nSPS) is 16.9. The van der Waals surface area contributed by atoms with Gasteiger partial charge in [-0.3, -0.25) is 4.79 Å². The number of amides is 1. The Bertz CT molecular complexity index is 1140. The lowest BCUT2D eigenvalue weighted by atomic mass is 10.2. The number of hydrogen-bond acceptors (Lipinski definition) is 4. The molecule has 0 radical (unpaired) electrons. The van der Waals surface area contributed by atoms with Crippen LogP contribution >= 0.6 is 39.3 Å². The SMILES string of the molecule is Cc1ccc(Cl)cc1NC1NC(=O)/C(=C/c2ccc(OCc3ccccc3)c(Br)c2)S1. The van der Waals surface area contributed by atoms with E-state index in [0.717, 1.165) is 32.6 Å². The van der Waals surface area contributed by atoms with Gasteiger partial charge in [-0.05, 0) is 69.9 Å². The molecular weight excluding hydrogens is 496 g/mol. The molecule has 1 unspecified atom stereocenters. The second kappa shape index (κ2) is 9.81. The number of carbonyl (C=O) groups excluding carboxylic acids is 1. The number of aryl methyl sites for hydroxylation is 1. The molecule has 3 aromatic rings. The van der Waals surface area contributed by atoms with Gasteiger partial charge in [0.15, 0.2) is 5.50 Å². The van der Waals surface area contributed by atoms with Crippen molar-refractivity contribution in [1.82, 2.24) is 5.32 Å². The van der Waals surface area contributed by atoms with Gasteiger partial charge in [-0.25, -0.2) is 0 Å². The Morgan fingerprint density at radius 3 is 2.74 bits per heavy atom. The van der Waals surface area contributed by atoms with Crippen LogP contribution in [0.4, 0.5) is 5.69 Å². The third-order valence-electron chi connectivity index (χ3n) is 4.71. The van der Waals surface area contributed by atoms with Gasteiger partial charge in [-0.1, -0.05) is 65.8 Å². The van der Waals surface area contributed by atoms with Crippen LogP contribution in [0.15, 0.2) is 76.1 Å². The summed E-state index contributed by atoms with van der Waals surface area (Å²) in [5, 5.41) is 6.92. The van der Waals surface area contributed by atoms with Gasteiger partial charge in [0.1, 0.15) is 12.4 Å². The molecule has 3 aromatic carbocycles. The van der Waals surface area contributed by atoms with E-state index < -0.39 is 0 Å². The lowest BCUT2D eigenvalue weighted by Crippen LogP contribution is -2.31. The number of anilines is 1. The monoisotopic (exact) mass is 514 g/mol. The molecule has 4 nitrogen and oxygen atoms in total. The van der Waals surface area contributed by atoms with E-state index in [9.17, 15) is 4.79 Å². The number of ether oxygens (including phenoxy) is 1. The average molecular weight is 516 g/mol. The first-order valence-electron chi connectivity index (χ1n) is 9.66. The van der Waals surface area contributed by atoms with Crippen molar-refractivity contribution in [3.05, 3.63) is 97.8 Å². The van der Waals surface area contributed by atoms with Crippen LogP contribution in [0.3, 0.4) is 0 Å². The fourth-order valence-corrected chi connectivity index (χ4v) is 4.73. The van der Waals surface area contributed by atoms with E-state index in [0.29, 0.717) is 16.5 Å². The zero-order valence-electron chi connectivity index (χ0n) is 16.7. The largest absolute Gasteiger partial charge is 0.488 e. The number of thioether (sulfide) groups is 1. The first-order chi connectivity index (χ1) is 15.0. The summed E-state index contributed by atoms with van der Waals surface area (Å²) in [4.78, 5) is 13.1. The number of benzene rings is 3. The summed E-state index contributed by atoms with van der Waals surface area (Å²) in [5.74, 6) is 0.646. The van der Waals surface area contributed by atoms with Crippen LogP contribution in [0.25, 0.3) is 6.08 Å². The van der Waals surface area contributed by atoms with Crippen LogP contribution < -0.4 is 15.4 Å². The fourth-order valence-electron chi connectivity index (χ4n) is 3.07. The number of hydrogen-bond donors (Lipinski definition) is 2. The second-order valence-electron chi connectivity index (χ2n) is 7.05. The van der Waals surface area contributed by atoms with Crippen LogP contribution in [-0.2, 0) is 11.4 Å². The van der Waals surface area contributed by atoms with Crippen molar-refractivity contribution in [3.8, 4) is 5.75 Å². The van der Waals surface area contributed by atoms with Crippen LogP contribution in [0.2, 0.25) is 5.02 Å². The zero-order chi connectivity index (χ0) is 21.8. The maximum atomic E-state index is 12.4. The van der Waals surface area contributed by atoms with Gasteiger partial charge in [0, 0.05) is 10.7 Å². The molecule has 1 aliphatic rings. The van der Waals surface area contributed by atoms with Crippen molar-refractivity contribution in [3.63, 3.8) is 0 Å². The minimum atomic E-state index is -0.257. The van der Waals surface area contributed by atoms with Gasteiger partial charge < -0.3 is 15.4 Å². The molecule has 1 fully saturated rings. The minimum Gasteiger partial charge on any atom is -0.488 e. The van der Waals surface area contributed by atoms with Gasteiger partial charge in [0.05, 0.1) is 9.38 Å². The summed E-state index contributed by atoms with van der Waals surface area (Å²) in [6, 6.07) is 21.5. The van der Waals surface area contributed by atoms with Gasteiger partial charge in [0.25, 0.3) is 5.91 Å². The highest BCUT2D eigenvalue weighted by molar-refractivity contribution is 9.10. The zero-order valence-corrected chi connectivity index (χ0v) is 19.9. The molecule has 1 atom stereocenters. The van der Waals surface area contributed by atoms with Gasteiger partial charge >= 0.3 is 0 Å². The summed E-state index contributed by atoms with van der Waals surface area (Å²) >= 11 is 11.1. The molecule has 1 heterocycles. The fraction of sp³-hybridized carbons (Fsp3) is 0.125. The molecule has 0 bridgehead atoms. The molecule has 0 spiro atoms. The molecule has 0 saturated carbocycles. The van der Waals surface area contributed by atoms with Crippen LogP contribution in [0.1, 0.15) is 16.7 Å². The molecule has 4 rings (SSSR count). The smallest absolute Gasteiger partial charge is 0.260 e. The summed E-state index contributed by atoms with van der Waals surface area (Å²) in [7, 11) is 0. The van der Waals surface area contributed by atoms with Crippen molar-refractivity contribution in [2.45, 2.75) is 19.0 Å². The second-order valence-corrected chi connectivity index (χ2v) is 9.49. The highest BCUT2D eigenvalue weighted by Gasteiger charge is 2.27. The first kappa shape index (κ1) is 21.8. The summed E-state index contributed by atoms with van der Waals surface area (Å²) in [6.45, 7) is 2.49. The molecule has 31 heavy (non-hydrogen) atoms. The van der Waals surface area contributed by atoms with Gasteiger partial charge in [0.2, 0.25) is 0 Å². The molecular formula is C24H20BrClN2O2S. The predicted molar refractivity (Wildman–Crippen MR) is 132 cm³/mol. The third-order valence-corrected chi connectivity index (χ3v) is 6.59. The quantitative estimate of drug-likeness (QED) is 0.364. The van der Waals surface area contributed by atoms with E-state index in [1.165, 1.54) is 11.8 Å². The Hall–Kier alpha value is -2.41. The van der Waals surface area contributed by atoms with Crippen molar-refractivity contribution in [2.24, 2.45) is 0 Å². The highest BCUT2D eigenvalue weighted by atomic mass is 79.9. The molecule has 1 amide bonds. The number of carbonyl (C=O) groups is 1. The van der Waals surface area contributed by atoms with Crippen LogP contribution in [0, 0.1) is 6.92 Å². The summed E-state index contributed by atoms with van der Waals surface area (Å²) in [6.07, 6.45) is 1.87. The molecule has 2 N–H and O–H groups in total. The van der Waals surface area contributed by atoms with E-state index in [4.69, 9.17) is 16.3 Å². The Kier molecular flexibility index (Phi) is 6.90. The van der Waals surface area contributed by atoms with E-state index in [1.54, 1.807) is 0 Å². The van der Waals surface area contributed by atoms with E-state index >= 15 is 0 Å². The van der Waals surface area contributed by atoms with E-state index in [-0.39, 0.29) is 11.4 Å².